The lowest BCUT2D eigenvalue weighted by Crippen LogP contribution is -2.22. The molecule has 1 saturated heterocycles. The van der Waals surface area contributed by atoms with Gasteiger partial charge in [0, 0.05) is 42.7 Å². The topological polar surface area (TPSA) is 84.2 Å². The summed E-state index contributed by atoms with van der Waals surface area (Å²) in [4.78, 5) is 23.7. The number of anilines is 1. The van der Waals surface area contributed by atoms with E-state index >= 15 is 0 Å². The normalized spacial score (nSPS) is 13.8. The number of rotatable bonds is 5. The maximum absolute atomic E-state index is 12.4. The molecule has 3 heterocycles. The SMILES string of the molecule is O=C(NCc1ccno1)c1cccc(-c2nccnc2N2CCCC2)c1. The fourth-order valence-electron chi connectivity index (χ4n) is 3.11. The second kappa shape index (κ2) is 7.35. The highest BCUT2D eigenvalue weighted by Crippen LogP contribution is 2.29. The molecule has 0 saturated carbocycles. The third-order valence-corrected chi connectivity index (χ3v) is 4.40. The van der Waals surface area contributed by atoms with Crippen molar-refractivity contribution in [1.82, 2.24) is 20.4 Å². The van der Waals surface area contributed by atoms with Gasteiger partial charge in [-0.3, -0.25) is 9.78 Å². The van der Waals surface area contributed by atoms with Gasteiger partial charge in [0.05, 0.1) is 12.7 Å². The molecule has 132 valence electrons. The first-order valence-electron chi connectivity index (χ1n) is 8.65. The molecule has 0 unspecified atom stereocenters. The van der Waals surface area contributed by atoms with Crippen molar-refractivity contribution in [2.75, 3.05) is 18.0 Å². The number of hydrogen-bond acceptors (Lipinski definition) is 6. The van der Waals surface area contributed by atoms with Crippen molar-refractivity contribution in [3.05, 3.63) is 60.2 Å². The number of nitrogens with zero attached hydrogens (tertiary/aromatic N) is 4. The van der Waals surface area contributed by atoms with Gasteiger partial charge in [-0.15, -0.1) is 0 Å². The highest BCUT2D eigenvalue weighted by atomic mass is 16.5. The van der Waals surface area contributed by atoms with Gasteiger partial charge in [-0.25, -0.2) is 4.98 Å². The minimum atomic E-state index is -0.171. The number of carbonyl (C=O) groups excluding carboxylic acids is 1. The van der Waals surface area contributed by atoms with E-state index in [1.165, 1.54) is 12.8 Å². The lowest BCUT2D eigenvalue weighted by atomic mass is 10.1. The van der Waals surface area contributed by atoms with Crippen LogP contribution in [0.4, 0.5) is 5.82 Å². The van der Waals surface area contributed by atoms with Gasteiger partial charge in [0.1, 0.15) is 5.69 Å². The summed E-state index contributed by atoms with van der Waals surface area (Å²) in [5.74, 6) is 1.32. The fourth-order valence-corrected chi connectivity index (χ4v) is 3.11. The van der Waals surface area contributed by atoms with E-state index in [1.54, 1.807) is 30.7 Å². The summed E-state index contributed by atoms with van der Waals surface area (Å²) in [6.07, 6.45) is 7.28. The zero-order valence-corrected chi connectivity index (χ0v) is 14.3. The van der Waals surface area contributed by atoms with Gasteiger partial charge in [-0.05, 0) is 25.0 Å². The Kier molecular flexibility index (Phi) is 4.59. The predicted molar refractivity (Wildman–Crippen MR) is 96.6 cm³/mol. The molecule has 3 aromatic rings. The molecule has 0 bridgehead atoms. The molecule has 1 amide bonds. The predicted octanol–water partition coefficient (Wildman–Crippen LogP) is 2.66. The van der Waals surface area contributed by atoms with Gasteiger partial charge >= 0.3 is 0 Å². The highest BCUT2D eigenvalue weighted by Gasteiger charge is 2.19. The van der Waals surface area contributed by atoms with Crippen molar-refractivity contribution < 1.29 is 9.32 Å². The number of amides is 1. The third kappa shape index (κ3) is 3.42. The van der Waals surface area contributed by atoms with Gasteiger partial charge in [-0.1, -0.05) is 17.3 Å². The van der Waals surface area contributed by atoms with Crippen LogP contribution in [-0.2, 0) is 6.54 Å². The summed E-state index contributed by atoms with van der Waals surface area (Å²) < 4.78 is 5.00. The van der Waals surface area contributed by atoms with Crippen LogP contribution in [0.5, 0.6) is 0 Å². The van der Waals surface area contributed by atoms with E-state index in [9.17, 15) is 4.79 Å². The third-order valence-electron chi connectivity index (χ3n) is 4.40. The van der Waals surface area contributed by atoms with E-state index < -0.39 is 0 Å². The molecule has 7 heteroatoms. The Labute approximate surface area is 151 Å². The Morgan fingerprint density at radius 2 is 1.96 bits per heavy atom. The van der Waals surface area contributed by atoms with Crippen LogP contribution in [0.2, 0.25) is 0 Å². The van der Waals surface area contributed by atoms with Crippen molar-refractivity contribution >= 4 is 11.7 Å². The van der Waals surface area contributed by atoms with Gasteiger partial charge in [0.25, 0.3) is 5.91 Å². The Bertz CT molecular complexity index is 888. The van der Waals surface area contributed by atoms with E-state index in [4.69, 9.17) is 4.52 Å². The molecule has 4 rings (SSSR count). The van der Waals surface area contributed by atoms with Crippen molar-refractivity contribution in [1.29, 1.82) is 0 Å². The van der Waals surface area contributed by atoms with Crippen LogP contribution >= 0.6 is 0 Å². The molecule has 1 aliphatic rings. The van der Waals surface area contributed by atoms with Crippen molar-refractivity contribution in [3.63, 3.8) is 0 Å². The fraction of sp³-hybridized carbons (Fsp3) is 0.263. The number of carbonyl (C=O) groups is 1. The molecule has 0 radical (unpaired) electrons. The lowest BCUT2D eigenvalue weighted by Gasteiger charge is -2.19. The zero-order chi connectivity index (χ0) is 17.8. The summed E-state index contributed by atoms with van der Waals surface area (Å²) >= 11 is 0. The van der Waals surface area contributed by atoms with Gasteiger partial charge in [-0.2, -0.15) is 0 Å². The van der Waals surface area contributed by atoms with E-state index in [0.29, 0.717) is 17.9 Å². The molecule has 1 N–H and O–H groups in total. The molecule has 0 atom stereocenters. The summed E-state index contributed by atoms with van der Waals surface area (Å²) in [6, 6.07) is 9.17. The summed E-state index contributed by atoms with van der Waals surface area (Å²) in [6.45, 7) is 2.28. The van der Waals surface area contributed by atoms with Gasteiger partial charge in [0.15, 0.2) is 11.6 Å². The maximum atomic E-state index is 12.4. The Morgan fingerprint density at radius 3 is 2.77 bits per heavy atom. The summed E-state index contributed by atoms with van der Waals surface area (Å²) in [7, 11) is 0. The molecule has 0 spiro atoms. The van der Waals surface area contributed by atoms with E-state index in [-0.39, 0.29) is 5.91 Å². The molecular formula is C19H19N5O2. The molecule has 1 aliphatic heterocycles. The first-order chi connectivity index (χ1) is 12.8. The Hall–Kier alpha value is -3.22. The van der Waals surface area contributed by atoms with Crippen LogP contribution in [0.3, 0.4) is 0 Å². The smallest absolute Gasteiger partial charge is 0.251 e. The number of hydrogen-bond donors (Lipinski definition) is 1. The molecule has 2 aromatic heterocycles. The standard InChI is InChI=1S/C19H19N5O2/c25-19(22-13-16-6-7-23-26-16)15-5-3-4-14(12-15)17-18(21-9-8-20-17)24-10-1-2-11-24/h3-9,12H,1-2,10-11,13H2,(H,22,25). The number of nitrogens with one attached hydrogen (secondary N) is 1. The largest absolute Gasteiger partial charge is 0.360 e. The van der Waals surface area contributed by atoms with E-state index in [1.807, 2.05) is 18.2 Å². The van der Waals surface area contributed by atoms with E-state index in [2.05, 4.69) is 25.3 Å². The molecule has 7 nitrogen and oxygen atoms in total. The van der Waals surface area contributed by atoms with Crippen LogP contribution in [0.25, 0.3) is 11.3 Å². The molecular weight excluding hydrogens is 330 g/mol. The van der Waals surface area contributed by atoms with Crippen LogP contribution in [0, 0.1) is 0 Å². The van der Waals surface area contributed by atoms with Crippen LogP contribution in [0.15, 0.2) is 53.4 Å². The maximum Gasteiger partial charge on any atom is 0.251 e. The Morgan fingerprint density at radius 1 is 1.12 bits per heavy atom. The van der Waals surface area contributed by atoms with Crippen LogP contribution in [0.1, 0.15) is 29.0 Å². The molecule has 26 heavy (non-hydrogen) atoms. The monoisotopic (exact) mass is 349 g/mol. The van der Waals surface area contributed by atoms with Crippen molar-refractivity contribution in [3.8, 4) is 11.3 Å². The summed E-state index contributed by atoms with van der Waals surface area (Å²) in [5, 5.41) is 6.46. The van der Waals surface area contributed by atoms with Crippen molar-refractivity contribution in [2.24, 2.45) is 0 Å². The molecule has 0 aliphatic carbocycles. The highest BCUT2D eigenvalue weighted by molar-refractivity contribution is 5.95. The first-order valence-corrected chi connectivity index (χ1v) is 8.65. The van der Waals surface area contributed by atoms with Gasteiger partial charge in [0.2, 0.25) is 0 Å². The second-order valence-electron chi connectivity index (χ2n) is 6.16. The first kappa shape index (κ1) is 16.3. The summed E-state index contributed by atoms with van der Waals surface area (Å²) in [5.41, 5.74) is 2.26. The zero-order valence-electron chi connectivity index (χ0n) is 14.3. The minimum Gasteiger partial charge on any atom is -0.360 e. The quantitative estimate of drug-likeness (QED) is 0.762. The average Bonchev–Trinajstić information content (AvgIpc) is 3.40. The molecule has 1 fully saturated rings. The number of aromatic nitrogens is 3. The average molecular weight is 349 g/mol. The number of benzene rings is 1. The second-order valence-corrected chi connectivity index (χ2v) is 6.16. The minimum absolute atomic E-state index is 0.171. The van der Waals surface area contributed by atoms with Crippen molar-refractivity contribution in [2.45, 2.75) is 19.4 Å². The van der Waals surface area contributed by atoms with Crippen LogP contribution in [-0.4, -0.2) is 34.1 Å². The Balaban J connectivity index is 1.57. The van der Waals surface area contributed by atoms with Gasteiger partial charge < -0.3 is 14.7 Å². The molecule has 1 aromatic carbocycles. The van der Waals surface area contributed by atoms with E-state index in [0.717, 1.165) is 30.2 Å². The van der Waals surface area contributed by atoms with Crippen LogP contribution < -0.4 is 10.2 Å². The lowest BCUT2D eigenvalue weighted by molar-refractivity contribution is 0.0947.